The summed E-state index contributed by atoms with van der Waals surface area (Å²) in [5.41, 5.74) is 9.02. The quantitative estimate of drug-likeness (QED) is 0.201. The fourth-order valence-corrected chi connectivity index (χ4v) is 7.30. The van der Waals surface area contributed by atoms with Crippen molar-refractivity contribution in [2.45, 2.75) is 0 Å². The average molecular weight is 602 g/mol. The van der Waals surface area contributed by atoms with Gasteiger partial charge < -0.3 is 13.7 Å². The monoisotopic (exact) mass is 601 g/mol. The Hall–Kier alpha value is -6.32. The molecule has 0 amide bonds. The summed E-state index contributed by atoms with van der Waals surface area (Å²) < 4.78 is 13.0. The summed E-state index contributed by atoms with van der Waals surface area (Å²) in [6.45, 7) is 0. The van der Waals surface area contributed by atoms with Crippen molar-refractivity contribution >= 4 is 82.5 Å². The first kappa shape index (κ1) is 26.0. The van der Waals surface area contributed by atoms with Crippen LogP contribution < -0.4 is 4.90 Å². The van der Waals surface area contributed by atoms with Gasteiger partial charge in [0.2, 0.25) is 0 Å². The average Bonchev–Trinajstić information content (AvgIpc) is 3.72. The summed E-state index contributed by atoms with van der Waals surface area (Å²) in [4.78, 5) is 2.37. The number of para-hydroxylation sites is 2. The molecule has 0 aliphatic carbocycles. The van der Waals surface area contributed by atoms with Crippen molar-refractivity contribution in [3.8, 4) is 11.1 Å². The molecule has 0 spiro atoms. The molecule has 3 nitrogen and oxygen atoms in total. The molecule has 2 aromatic heterocycles. The summed E-state index contributed by atoms with van der Waals surface area (Å²) in [6.07, 6.45) is 0. The van der Waals surface area contributed by atoms with Gasteiger partial charge >= 0.3 is 0 Å². The first-order valence-electron chi connectivity index (χ1n) is 15.9. The summed E-state index contributed by atoms with van der Waals surface area (Å²) in [5.74, 6) is 0. The maximum atomic E-state index is 6.68. The van der Waals surface area contributed by atoms with Gasteiger partial charge in [0.05, 0.1) is 16.8 Å². The molecule has 2 heterocycles. The minimum atomic E-state index is 0.870. The third kappa shape index (κ3) is 3.93. The number of furan rings is 2. The Morgan fingerprint density at radius 1 is 0.362 bits per heavy atom. The van der Waals surface area contributed by atoms with Crippen LogP contribution in [0.5, 0.6) is 0 Å². The summed E-state index contributed by atoms with van der Waals surface area (Å²) >= 11 is 0. The van der Waals surface area contributed by atoms with Crippen LogP contribution in [-0.2, 0) is 0 Å². The topological polar surface area (TPSA) is 29.5 Å². The van der Waals surface area contributed by atoms with Crippen LogP contribution in [0.25, 0.3) is 76.5 Å². The molecule has 3 heteroatoms. The molecule has 10 aromatic rings. The molecule has 0 saturated heterocycles. The second-order valence-corrected chi connectivity index (χ2v) is 12.1. The Bertz CT molecular complexity index is 2800. The predicted molar refractivity (Wildman–Crippen MR) is 196 cm³/mol. The van der Waals surface area contributed by atoms with Crippen LogP contribution in [0.2, 0.25) is 0 Å². The number of anilines is 3. The Kier molecular flexibility index (Phi) is 5.57. The second-order valence-electron chi connectivity index (χ2n) is 12.1. The van der Waals surface area contributed by atoms with Gasteiger partial charge in [0.15, 0.2) is 0 Å². The number of hydrogen-bond donors (Lipinski definition) is 0. The molecule has 0 bridgehead atoms. The number of hydrogen-bond acceptors (Lipinski definition) is 3. The molecule has 0 unspecified atom stereocenters. The van der Waals surface area contributed by atoms with Crippen molar-refractivity contribution in [1.29, 1.82) is 0 Å². The van der Waals surface area contributed by atoms with E-state index < -0.39 is 0 Å². The van der Waals surface area contributed by atoms with E-state index in [1.807, 2.05) is 12.1 Å². The zero-order valence-electron chi connectivity index (χ0n) is 25.4. The van der Waals surface area contributed by atoms with E-state index in [0.717, 1.165) is 77.5 Å². The maximum absolute atomic E-state index is 6.68. The second kappa shape index (κ2) is 10.1. The van der Waals surface area contributed by atoms with E-state index >= 15 is 0 Å². The van der Waals surface area contributed by atoms with Crippen molar-refractivity contribution in [2.24, 2.45) is 0 Å². The van der Waals surface area contributed by atoms with Gasteiger partial charge in [0, 0.05) is 38.2 Å². The van der Waals surface area contributed by atoms with E-state index in [1.54, 1.807) is 0 Å². The first-order valence-corrected chi connectivity index (χ1v) is 15.9. The molecule has 0 aliphatic rings. The molecule has 47 heavy (non-hydrogen) atoms. The van der Waals surface area contributed by atoms with E-state index in [9.17, 15) is 0 Å². The molecule has 10 rings (SSSR count). The van der Waals surface area contributed by atoms with E-state index in [4.69, 9.17) is 8.83 Å². The van der Waals surface area contributed by atoms with Crippen LogP contribution in [0.15, 0.2) is 173 Å². The third-order valence-corrected chi connectivity index (χ3v) is 9.45. The van der Waals surface area contributed by atoms with E-state index in [1.165, 1.54) is 16.2 Å². The van der Waals surface area contributed by atoms with Gasteiger partial charge in [-0.3, -0.25) is 0 Å². The van der Waals surface area contributed by atoms with Gasteiger partial charge in [-0.05, 0) is 58.8 Å². The largest absolute Gasteiger partial charge is 0.456 e. The summed E-state index contributed by atoms with van der Waals surface area (Å²) in [7, 11) is 0. The minimum Gasteiger partial charge on any atom is -0.456 e. The normalized spacial score (nSPS) is 11.8. The van der Waals surface area contributed by atoms with Crippen LogP contribution in [0.1, 0.15) is 0 Å². The highest BCUT2D eigenvalue weighted by molar-refractivity contribution is 6.17. The molecule has 0 aliphatic heterocycles. The van der Waals surface area contributed by atoms with Gasteiger partial charge in [-0.2, -0.15) is 0 Å². The van der Waals surface area contributed by atoms with Crippen molar-refractivity contribution in [2.75, 3.05) is 4.90 Å². The van der Waals surface area contributed by atoms with E-state index in [2.05, 4.69) is 157 Å². The van der Waals surface area contributed by atoms with Gasteiger partial charge in [-0.1, -0.05) is 121 Å². The molecule has 8 aromatic carbocycles. The number of benzene rings is 8. The Balaban J connectivity index is 1.18. The fraction of sp³-hybridized carbons (Fsp3) is 0. The fourth-order valence-electron chi connectivity index (χ4n) is 7.30. The summed E-state index contributed by atoms with van der Waals surface area (Å²) in [5, 5.41) is 9.16. The zero-order chi connectivity index (χ0) is 30.9. The minimum absolute atomic E-state index is 0.870. The molecule has 0 atom stereocenters. The molecular formula is C44H27NO2. The highest BCUT2D eigenvalue weighted by atomic mass is 16.3. The van der Waals surface area contributed by atoms with Crippen LogP contribution in [0.3, 0.4) is 0 Å². The predicted octanol–water partition coefficient (Wildman–Crippen LogP) is 12.9. The smallest absolute Gasteiger partial charge is 0.143 e. The van der Waals surface area contributed by atoms with Gasteiger partial charge in [-0.15, -0.1) is 0 Å². The SMILES string of the molecule is c1ccc2c(N(c3ccc(-c4cccc5c4oc4c6ccccc6ccc54)cc3)c3cccc4oc5ccccc5c34)cccc2c1. The summed E-state index contributed by atoms with van der Waals surface area (Å²) in [6, 6.07) is 57.8. The van der Waals surface area contributed by atoms with Crippen LogP contribution in [-0.4, -0.2) is 0 Å². The Morgan fingerprint density at radius 2 is 0.979 bits per heavy atom. The van der Waals surface area contributed by atoms with E-state index in [-0.39, 0.29) is 0 Å². The Labute approximate surface area is 270 Å². The van der Waals surface area contributed by atoms with Gasteiger partial charge in [0.1, 0.15) is 22.3 Å². The molecule has 0 fully saturated rings. The lowest BCUT2D eigenvalue weighted by molar-refractivity contribution is 0.669. The van der Waals surface area contributed by atoms with Crippen LogP contribution in [0, 0.1) is 0 Å². The molecular weight excluding hydrogens is 574 g/mol. The highest BCUT2D eigenvalue weighted by Crippen LogP contribution is 2.45. The van der Waals surface area contributed by atoms with Crippen LogP contribution in [0.4, 0.5) is 17.1 Å². The highest BCUT2D eigenvalue weighted by Gasteiger charge is 2.21. The third-order valence-electron chi connectivity index (χ3n) is 9.45. The number of nitrogens with zero attached hydrogens (tertiary/aromatic N) is 1. The van der Waals surface area contributed by atoms with Gasteiger partial charge in [0.25, 0.3) is 0 Å². The molecule has 220 valence electrons. The van der Waals surface area contributed by atoms with Gasteiger partial charge in [-0.25, -0.2) is 0 Å². The number of rotatable bonds is 4. The van der Waals surface area contributed by atoms with Crippen molar-refractivity contribution in [1.82, 2.24) is 0 Å². The van der Waals surface area contributed by atoms with Crippen LogP contribution >= 0.6 is 0 Å². The maximum Gasteiger partial charge on any atom is 0.143 e. The standard InChI is InChI=1S/C44H27NO2/c1-3-13-32-28(10-1)12-7-18-38(32)45(39-19-9-21-41-42(39)37-15-5-6-20-40(37)46-41)31-25-22-30(23-26-31)34-16-8-17-35-36-27-24-29-11-2-4-14-33(29)44(36)47-43(34)35/h1-27H. The van der Waals surface area contributed by atoms with E-state index in [0.29, 0.717) is 0 Å². The Morgan fingerprint density at radius 3 is 1.85 bits per heavy atom. The van der Waals surface area contributed by atoms with Crippen molar-refractivity contribution in [3.63, 3.8) is 0 Å². The molecule has 0 saturated carbocycles. The first-order chi connectivity index (χ1) is 23.3. The molecule has 0 N–H and O–H groups in total. The lowest BCUT2D eigenvalue weighted by Crippen LogP contribution is -2.10. The lowest BCUT2D eigenvalue weighted by atomic mass is 10.0. The van der Waals surface area contributed by atoms with Crippen molar-refractivity contribution < 1.29 is 8.83 Å². The zero-order valence-corrected chi connectivity index (χ0v) is 25.4. The lowest BCUT2D eigenvalue weighted by Gasteiger charge is -2.27. The number of fused-ring (bicyclic) bond motifs is 9. The molecule has 0 radical (unpaired) electrons. The van der Waals surface area contributed by atoms with Crippen molar-refractivity contribution in [3.05, 3.63) is 164 Å².